The molecule has 0 saturated heterocycles. The Morgan fingerprint density at radius 2 is 1.16 bits per heavy atom. The van der Waals surface area contributed by atoms with Gasteiger partial charge in [0.1, 0.15) is 11.2 Å². The zero-order valence-electron chi connectivity index (χ0n) is 27.1. The summed E-state index contributed by atoms with van der Waals surface area (Å²) < 4.78 is 11.2. The first-order chi connectivity index (χ1) is 25.3. The van der Waals surface area contributed by atoms with Gasteiger partial charge in [-0.05, 0) is 52.6 Å². The van der Waals surface area contributed by atoms with Gasteiger partial charge in [0.15, 0.2) is 0 Å². The summed E-state index contributed by atoms with van der Waals surface area (Å²) in [5, 5.41) is 12.9. The smallest absolute Gasteiger partial charge is 0.235 e. The molecule has 5 heteroatoms. The van der Waals surface area contributed by atoms with Crippen LogP contribution in [0.25, 0.3) is 114 Å². The van der Waals surface area contributed by atoms with Crippen molar-refractivity contribution in [1.82, 2.24) is 14.5 Å². The molecule has 0 aliphatic rings. The van der Waals surface area contributed by atoms with E-state index >= 15 is 0 Å². The molecule has 8 aromatic carbocycles. The van der Waals surface area contributed by atoms with E-state index in [4.69, 9.17) is 14.4 Å². The zero-order chi connectivity index (χ0) is 33.2. The summed E-state index contributed by atoms with van der Waals surface area (Å²) in [4.78, 5) is 11.0. The molecule has 0 N–H and O–H groups in total. The van der Waals surface area contributed by atoms with Crippen LogP contribution >= 0.6 is 11.3 Å². The van der Waals surface area contributed by atoms with Crippen molar-refractivity contribution in [3.8, 4) is 17.2 Å². The predicted molar refractivity (Wildman–Crippen MR) is 214 cm³/mol. The summed E-state index contributed by atoms with van der Waals surface area (Å²) in [6, 6.07) is 53.9. The van der Waals surface area contributed by atoms with Gasteiger partial charge in [-0.25, -0.2) is 9.97 Å². The molecule has 4 heterocycles. The van der Waals surface area contributed by atoms with Gasteiger partial charge in [0, 0.05) is 53.4 Å². The van der Waals surface area contributed by atoms with Crippen LogP contribution in [-0.4, -0.2) is 14.5 Å². The zero-order valence-corrected chi connectivity index (χ0v) is 27.9. The van der Waals surface area contributed by atoms with Crippen LogP contribution in [0, 0.1) is 0 Å². The Balaban J connectivity index is 1.27. The molecular weight excluding hydrogens is 643 g/mol. The van der Waals surface area contributed by atoms with Crippen molar-refractivity contribution in [3.63, 3.8) is 0 Å². The maximum atomic E-state index is 6.39. The Kier molecular flexibility index (Phi) is 5.35. The SMILES string of the molecule is c1ccc2c(c1)ccc1c(-c3ccc4c(c3)oc3ccccc34)nc(-n3c4ccccc4c4c5ccccc5c5c6ccccc6sc5c43)nc12. The van der Waals surface area contributed by atoms with Gasteiger partial charge in [0.05, 0.1) is 26.9 Å². The molecule has 51 heavy (non-hydrogen) atoms. The molecule has 0 amide bonds. The van der Waals surface area contributed by atoms with Crippen molar-refractivity contribution >= 4 is 108 Å². The molecule has 0 spiro atoms. The molecule has 236 valence electrons. The number of hydrogen-bond donors (Lipinski definition) is 0. The quantitative estimate of drug-likeness (QED) is 0.172. The van der Waals surface area contributed by atoms with Crippen LogP contribution in [0.2, 0.25) is 0 Å². The van der Waals surface area contributed by atoms with E-state index in [0.29, 0.717) is 5.95 Å². The highest BCUT2D eigenvalue weighted by atomic mass is 32.1. The maximum absolute atomic E-state index is 6.39. The number of rotatable bonds is 2. The van der Waals surface area contributed by atoms with E-state index in [2.05, 4.69) is 144 Å². The molecule has 0 unspecified atom stereocenters. The first kappa shape index (κ1) is 27.3. The van der Waals surface area contributed by atoms with Gasteiger partial charge < -0.3 is 4.42 Å². The third kappa shape index (κ3) is 3.68. The Morgan fingerprint density at radius 1 is 0.490 bits per heavy atom. The first-order valence-electron chi connectivity index (χ1n) is 17.2. The van der Waals surface area contributed by atoms with Crippen LogP contribution in [0.5, 0.6) is 0 Å². The highest BCUT2D eigenvalue weighted by Crippen LogP contribution is 2.48. The summed E-state index contributed by atoms with van der Waals surface area (Å²) in [7, 11) is 0. The molecule has 0 fully saturated rings. The van der Waals surface area contributed by atoms with Crippen LogP contribution in [0.1, 0.15) is 0 Å². The number of fused-ring (bicyclic) bond motifs is 16. The number of nitrogens with zero attached hydrogens (tertiary/aromatic N) is 3. The monoisotopic (exact) mass is 667 g/mol. The molecule has 0 aliphatic carbocycles. The van der Waals surface area contributed by atoms with E-state index in [9.17, 15) is 0 Å². The molecule has 0 bridgehead atoms. The van der Waals surface area contributed by atoms with Gasteiger partial charge >= 0.3 is 0 Å². The van der Waals surface area contributed by atoms with Crippen molar-refractivity contribution in [2.24, 2.45) is 0 Å². The fourth-order valence-electron chi connectivity index (χ4n) is 8.38. The maximum Gasteiger partial charge on any atom is 0.235 e. The highest BCUT2D eigenvalue weighted by Gasteiger charge is 2.24. The lowest BCUT2D eigenvalue weighted by Gasteiger charge is -2.14. The fourth-order valence-corrected chi connectivity index (χ4v) is 9.64. The van der Waals surface area contributed by atoms with E-state index in [1.807, 2.05) is 23.5 Å². The highest BCUT2D eigenvalue weighted by molar-refractivity contribution is 7.27. The van der Waals surface area contributed by atoms with Crippen molar-refractivity contribution in [3.05, 3.63) is 152 Å². The molecule has 12 rings (SSSR count). The molecule has 4 nitrogen and oxygen atoms in total. The van der Waals surface area contributed by atoms with Crippen molar-refractivity contribution in [2.75, 3.05) is 0 Å². The largest absolute Gasteiger partial charge is 0.456 e. The van der Waals surface area contributed by atoms with E-state index in [-0.39, 0.29) is 0 Å². The second-order valence-electron chi connectivity index (χ2n) is 13.3. The van der Waals surface area contributed by atoms with Gasteiger partial charge in [-0.15, -0.1) is 11.3 Å². The van der Waals surface area contributed by atoms with Gasteiger partial charge in [-0.1, -0.05) is 115 Å². The minimum Gasteiger partial charge on any atom is -0.456 e. The van der Waals surface area contributed by atoms with Crippen molar-refractivity contribution in [1.29, 1.82) is 0 Å². The fraction of sp³-hybridized carbons (Fsp3) is 0. The lowest BCUT2D eigenvalue weighted by Crippen LogP contribution is -2.04. The third-order valence-electron chi connectivity index (χ3n) is 10.6. The summed E-state index contributed by atoms with van der Waals surface area (Å²) in [6.07, 6.45) is 0. The topological polar surface area (TPSA) is 43.9 Å². The second-order valence-corrected chi connectivity index (χ2v) is 14.3. The Morgan fingerprint density at radius 3 is 2.04 bits per heavy atom. The molecule has 0 radical (unpaired) electrons. The molecular formula is C46H25N3OS. The summed E-state index contributed by atoms with van der Waals surface area (Å²) in [6.45, 7) is 0. The lowest BCUT2D eigenvalue weighted by molar-refractivity contribution is 0.669. The van der Waals surface area contributed by atoms with Crippen LogP contribution in [-0.2, 0) is 0 Å². The van der Waals surface area contributed by atoms with Crippen molar-refractivity contribution in [2.45, 2.75) is 0 Å². The minimum atomic E-state index is 0.652. The van der Waals surface area contributed by atoms with Gasteiger partial charge in [-0.2, -0.15) is 0 Å². The van der Waals surface area contributed by atoms with Gasteiger partial charge in [0.25, 0.3) is 0 Å². The molecule has 0 saturated carbocycles. The average Bonchev–Trinajstić information content (AvgIpc) is 3.87. The molecule has 0 atom stereocenters. The van der Waals surface area contributed by atoms with Gasteiger partial charge in [-0.3, -0.25) is 4.57 Å². The van der Waals surface area contributed by atoms with Crippen LogP contribution in [0.3, 0.4) is 0 Å². The van der Waals surface area contributed by atoms with Gasteiger partial charge in [0.2, 0.25) is 5.95 Å². The third-order valence-corrected chi connectivity index (χ3v) is 11.8. The van der Waals surface area contributed by atoms with E-state index in [1.54, 1.807) is 0 Å². The standard InChI is InChI=1S/C46H25N3OS/c1-2-12-28-26(11-1)21-24-35-42(27-22-23-30-29-13-6-9-19-37(29)50-38(30)25-27)47-46(48-43(28)35)49-36-18-8-5-16-33(36)40-31-14-3-4-15-32(31)41-34-17-7-10-20-39(34)51-45(41)44(40)49/h1-25H. The molecule has 12 aromatic rings. The summed E-state index contributed by atoms with van der Waals surface area (Å²) in [5.41, 5.74) is 6.75. The number of para-hydroxylation sites is 2. The van der Waals surface area contributed by atoms with Crippen LogP contribution < -0.4 is 0 Å². The normalized spacial score (nSPS) is 12.3. The average molecular weight is 668 g/mol. The lowest BCUT2D eigenvalue weighted by atomic mass is 9.99. The first-order valence-corrected chi connectivity index (χ1v) is 18.0. The minimum absolute atomic E-state index is 0.652. The van der Waals surface area contributed by atoms with E-state index in [1.165, 1.54) is 41.7 Å². The summed E-state index contributed by atoms with van der Waals surface area (Å²) >= 11 is 1.85. The predicted octanol–water partition coefficient (Wildman–Crippen LogP) is 13.0. The Hall–Kier alpha value is -6.56. The number of aromatic nitrogens is 3. The van der Waals surface area contributed by atoms with Crippen molar-refractivity contribution < 1.29 is 4.42 Å². The number of furan rings is 1. The molecule has 0 aliphatic heterocycles. The number of hydrogen-bond acceptors (Lipinski definition) is 4. The molecule has 4 aromatic heterocycles. The van der Waals surface area contributed by atoms with Crippen LogP contribution in [0.15, 0.2) is 156 Å². The number of thiophene rings is 1. The van der Waals surface area contributed by atoms with Crippen LogP contribution in [0.4, 0.5) is 0 Å². The Labute approximate surface area is 294 Å². The Bertz CT molecular complexity index is 3440. The second kappa shape index (κ2) is 10.0. The van der Waals surface area contributed by atoms with E-state index in [0.717, 1.165) is 65.9 Å². The van der Waals surface area contributed by atoms with E-state index < -0.39 is 0 Å². The summed E-state index contributed by atoms with van der Waals surface area (Å²) in [5.74, 6) is 0.652. The number of benzene rings is 8.